The van der Waals surface area contributed by atoms with Crippen molar-refractivity contribution < 1.29 is 19.1 Å². The maximum Gasteiger partial charge on any atom is 0.407 e. The molecule has 1 unspecified atom stereocenters. The van der Waals surface area contributed by atoms with Gasteiger partial charge in [-0.15, -0.1) is 0 Å². The monoisotopic (exact) mass is 388 g/mol. The molecule has 8 nitrogen and oxygen atoms in total. The third-order valence-corrected chi connectivity index (χ3v) is 3.70. The van der Waals surface area contributed by atoms with Crippen LogP contribution < -0.4 is 20.7 Å². The number of rotatable bonds is 10. The Kier molecular flexibility index (Phi) is 9.97. The number of benzene rings is 1. The molecular weight excluding hydrogens is 360 g/mol. The highest BCUT2D eigenvalue weighted by Gasteiger charge is 2.17. The van der Waals surface area contributed by atoms with Crippen molar-refractivity contribution in [3.63, 3.8) is 0 Å². The van der Waals surface area contributed by atoms with Gasteiger partial charge in [-0.2, -0.15) is 5.26 Å². The summed E-state index contributed by atoms with van der Waals surface area (Å²) < 4.78 is 10.4. The predicted molar refractivity (Wildman–Crippen MR) is 106 cm³/mol. The zero-order valence-electron chi connectivity index (χ0n) is 16.8. The summed E-state index contributed by atoms with van der Waals surface area (Å²) in [6, 6.07) is 7.30. The van der Waals surface area contributed by atoms with Crippen LogP contribution in [-0.2, 0) is 9.53 Å². The molecule has 0 fully saturated rings. The van der Waals surface area contributed by atoms with Crippen LogP contribution in [0.25, 0.3) is 0 Å². The van der Waals surface area contributed by atoms with Gasteiger partial charge in [0.25, 0.3) is 5.91 Å². The van der Waals surface area contributed by atoms with Crippen LogP contribution in [0.4, 0.5) is 4.79 Å². The molecule has 0 bridgehead atoms. The van der Waals surface area contributed by atoms with Crippen LogP contribution in [0.5, 0.6) is 5.75 Å². The molecule has 1 rings (SSSR count). The van der Waals surface area contributed by atoms with Gasteiger partial charge in [-0.05, 0) is 33.8 Å². The van der Waals surface area contributed by atoms with Gasteiger partial charge in [0.2, 0.25) is 0 Å². The number of nitriles is 1. The van der Waals surface area contributed by atoms with Crippen LogP contribution in [0.2, 0.25) is 0 Å². The largest absolute Gasteiger partial charge is 0.494 e. The first kappa shape index (κ1) is 22.8. The Bertz CT molecular complexity index is 740. The van der Waals surface area contributed by atoms with E-state index in [9.17, 15) is 14.9 Å². The zero-order valence-corrected chi connectivity index (χ0v) is 16.8. The molecule has 0 heterocycles. The Morgan fingerprint density at radius 1 is 1.25 bits per heavy atom. The van der Waals surface area contributed by atoms with E-state index >= 15 is 0 Å². The Morgan fingerprint density at radius 2 is 2.00 bits per heavy atom. The fourth-order valence-electron chi connectivity index (χ4n) is 2.39. The molecule has 1 aromatic rings. The molecule has 0 saturated carbocycles. The van der Waals surface area contributed by atoms with Crippen molar-refractivity contribution in [3.05, 3.63) is 41.1 Å². The van der Waals surface area contributed by atoms with Crippen molar-refractivity contribution in [3.8, 4) is 11.8 Å². The molecule has 2 amide bonds. The maximum absolute atomic E-state index is 12.4. The van der Waals surface area contributed by atoms with Gasteiger partial charge in [-0.25, -0.2) is 4.79 Å². The van der Waals surface area contributed by atoms with Gasteiger partial charge >= 0.3 is 6.09 Å². The summed E-state index contributed by atoms with van der Waals surface area (Å²) in [5, 5.41) is 17.4. The number of carbonyl (C=O) groups is 2. The molecule has 28 heavy (non-hydrogen) atoms. The minimum absolute atomic E-state index is 0.0615. The molecule has 0 spiro atoms. The Balaban J connectivity index is 2.65. The minimum Gasteiger partial charge on any atom is -0.494 e. The van der Waals surface area contributed by atoms with Crippen molar-refractivity contribution >= 4 is 12.0 Å². The van der Waals surface area contributed by atoms with Gasteiger partial charge in [0.05, 0.1) is 19.3 Å². The molecule has 152 valence electrons. The average molecular weight is 388 g/mol. The van der Waals surface area contributed by atoms with E-state index in [4.69, 9.17) is 9.47 Å². The van der Waals surface area contributed by atoms with Crippen LogP contribution in [0.15, 0.2) is 30.0 Å². The third kappa shape index (κ3) is 7.58. The lowest BCUT2D eigenvalue weighted by Crippen LogP contribution is -2.32. The third-order valence-electron chi connectivity index (χ3n) is 3.70. The van der Waals surface area contributed by atoms with Crippen LogP contribution in [0.1, 0.15) is 37.9 Å². The molecule has 0 radical (unpaired) electrons. The summed E-state index contributed by atoms with van der Waals surface area (Å²) in [6.45, 7) is 8.86. The number of hydrogen-bond acceptors (Lipinski definition) is 6. The van der Waals surface area contributed by atoms with Gasteiger partial charge < -0.3 is 25.4 Å². The van der Waals surface area contributed by atoms with Crippen molar-refractivity contribution in [2.45, 2.75) is 33.7 Å². The number of ether oxygens (including phenoxy) is 2. The number of aryl methyl sites for hydroxylation is 1. The van der Waals surface area contributed by atoms with Crippen molar-refractivity contribution in [2.24, 2.45) is 0 Å². The van der Waals surface area contributed by atoms with E-state index in [1.807, 2.05) is 45.0 Å². The predicted octanol–water partition coefficient (Wildman–Crippen LogP) is 2.31. The van der Waals surface area contributed by atoms with Crippen molar-refractivity contribution in [1.29, 1.82) is 5.26 Å². The Hall–Kier alpha value is -3.21. The number of nitrogens with one attached hydrogen (secondary N) is 3. The highest BCUT2D eigenvalue weighted by atomic mass is 16.5. The number of nitrogens with zero attached hydrogens (tertiary/aromatic N) is 1. The van der Waals surface area contributed by atoms with E-state index in [1.165, 1.54) is 6.20 Å². The number of amides is 2. The summed E-state index contributed by atoms with van der Waals surface area (Å²) in [4.78, 5) is 23.6. The number of carbonyl (C=O) groups excluding carboxylic acids is 2. The highest BCUT2D eigenvalue weighted by molar-refractivity contribution is 5.97. The summed E-state index contributed by atoms with van der Waals surface area (Å²) in [7, 11) is 0. The molecule has 1 atom stereocenters. The summed E-state index contributed by atoms with van der Waals surface area (Å²) in [6.07, 6.45) is 0.817. The highest BCUT2D eigenvalue weighted by Crippen LogP contribution is 2.26. The molecule has 8 heteroatoms. The Morgan fingerprint density at radius 3 is 2.64 bits per heavy atom. The second-order valence-corrected chi connectivity index (χ2v) is 5.94. The van der Waals surface area contributed by atoms with Crippen molar-refractivity contribution in [1.82, 2.24) is 16.0 Å². The van der Waals surface area contributed by atoms with Gasteiger partial charge in [-0.3, -0.25) is 4.79 Å². The first-order valence-corrected chi connectivity index (χ1v) is 9.21. The Labute approximate surface area is 165 Å². The molecule has 0 aliphatic heterocycles. The lowest BCUT2D eigenvalue weighted by molar-refractivity contribution is -0.117. The minimum atomic E-state index is -0.511. The topological polar surface area (TPSA) is 112 Å². The fourth-order valence-corrected chi connectivity index (χ4v) is 2.39. The normalized spacial score (nSPS) is 11.8. The average Bonchev–Trinajstić information content (AvgIpc) is 2.66. The first-order chi connectivity index (χ1) is 13.4. The van der Waals surface area contributed by atoms with Crippen LogP contribution in [0.3, 0.4) is 0 Å². The quantitative estimate of drug-likeness (QED) is 0.322. The van der Waals surface area contributed by atoms with Gasteiger partial charge in [-0.1, -0.05) is 17.7 Å². The van der Waals surface area contributed by atoms with Crippen LogP contribution >= 0.6 is 0 Å². The summed E-state index contributed by atoms with van der Waals surface area (Å²) in [5.74, 6) is 0.205. The smallest absolute Gasteiger partial charge is 0.407 e. The summed E-state index contributed by atoms with van der Waals surface area (Å²) >= 11 is 0. The first-order valence-electron chi connectivity index (χ1n) is 9.21. The van der Waals surface area contributed by atoms with Gasteiger partial charge in [0, 0.05) is 24.9 Å². The van der Waals surface area contributed by atoms with E-state index in [0.29, 0.717) is 32.1 Å². The number of alkyl carbamates (subject to hydrolysis) is 1. The standard InChI is InChI=1S/C20H28N4O4/c1-5-27-18-8-7-14(3)11-17(18)15(4)24-19(25)16(12-21)13-22-9-10-23-20(26)28-6-2/h7-8,11,13,15,22H,5-6,9-10H2,1-4H3,(H,23,26)(H,24,25)/b16-13-. The van der Waals surface area contributed by atoms with E-state index < -0.39 is 12.0 Å². The van der Waals surface area contributed by atoms with E-state index in [2.05, 4.69) is 16.0 Å². The van der Waals surface area contributed by atoms with Gasteiger partial charge in [0.15, 0.2) is 0 Å². The second-order valence-electron chi connectivity index (χ2n) is 5.94. The van der Waals surface area contributed by atoms with E-state index in [0.717, 1.165) is 11.1 Å². The molecular formula is C20H28N4O4. The number of hydrogen-bond donors (Lipinski definition) is 3. The van der Waals surface area contributed by atoms with E-state index in [1.54, 1.807) is 6.92 Å². The van der Waals surface area contributed by atoms with Crippen molar-refractivity contribution in [2.75, 3.05) is 26.3 Å². The van der Waals surface area contributed by atoms with Gasteiger partial charge in [0.1, 0.15) is 17.4 Å². The molecule has 0 aliphatic rings. The molecule has 0 saturated heterocycles. The maximum atomic E-state index is 12.4. The van der Waals surface area contributed by atoms with Crippen LogP contribution in [0, 0.1) is 18.3 Å². The molecule has 3 N–H and O–H groups in total. The fraction of sp³-hybridized carbons (Fsp3) is 0.450. The lowest BCUT2D eigenvalue weighted by Gasteiger charge is -2.18. The van der Waals surface area contributed by atoms with E-state index in [-0.39, 0.29) is 11.6 Å². The summed E-state index contributed by atoms with van der Waals surface area (Å²) in [5.41, 5.74) is 1.83. The second kappa shape index (κ2) is 12.2. The molecule has 0 aliphatic carbocycles. The SMILES string of the molecule is CCOC(=O)NCCN/C=C(/C#N)C(=O)NC(C)c1cc(C)ccc1OCC. The van der Waals surface area contributed by atoms with Crippen LogP contribution in [-0.4, -0.2) is 38.3 Å². The molecule has 1 aromatic carbocycles. The zero-order chi connectivity index (χ0) is 20.9. The lowest BCUT2D eigenvalue weighted by atomic mass is 10.0. The molecule has 0 aromatic heterocycles.